The minimum absolute atomic E-state index is 0.0481. The Morgan fingerprint density at radius 1 is 1.21 bits per heavy atom. The maximum atomic E-state index is 12.2. The highest BCUT2D eigenvalue weighted by atomic mass is 127. The van der Waals surface area contributed by atoms with Crippen molar-refractivity contribution in [2.45, 2.75) is 13.3 Å². The van der Waals surface area contributed by atoms with Gasteiger partial charge >= 0.3 is 12.3 Å². The third-order valence-corrected chi connectivity index (χ3v) is 3.25. The summed E-state index contributed by atoms with van der Waals surface area (Å²) in [6.07, 6.45) is -4.78. The average molecular weight is 454 g/mol. The van der Waals surface area contributed by atoms with E-state index in [-0.39, 0.29) is 22.9 Å². The lowest BCUT2D eigenvalue weighted by atomic mass is 10.2. The maximum absolute atomic E-state index is 12.2. The summed E-state index contributed by atoms with van der Waals surface area (Å²) < 4.78 is 51.0. The number of benzene rings is 1. The van der Waals surface area contributed by atoms with E-state index in [0.717, 1.165) is 12.1 Å². The Hall–Kier alpha value is -2.11. The zero-order chi connectivity index (χ0) is 17.9. The quantitative estimate of drug-likeness (QED) is 0.517. The van der Waals surface area contributed by atoms with Gasteiger partial charge < -0.3 is 14.2 Å². The SMILES string of the molecule is COC(=O)c1cc(I)nnc1Oc1ccc(OC(F)(F)F)cc1C. The molecule has 0 aliphatic carbocycles. The second-order valence-electron chi connectivity index (χ2n) is 4.45. The molecular weight excluding hydrogens is 444 g/mol. The van der Waals surface area contributed by atoms with Crippen molar-refractivity contribution in [1.29, 1.82) is 0 Å². The molecule has 0 saturated heterocycles. The van der Waals surface area contributed by atoms with Gasteiger partial charge in [0, 0.05) is 0 Å². The fourth-order valence-electron chi connectivity index (χ4n) is 1.73. The topological polar surface area (TPSA) is 70.5 Å². The highest BCUT2D eigenvalue weighted by molar-refractivity contribution is 14.1. The minimum atomic E-state index is -4.78. The minimum Gasteiger partial charge on any atom is -0.465 e. The van der Waals surface area contributed by atoms with Gasteiger partial charge in [-0.1, -0.05) is 0 Å². The van der Waals surface area contributed by atoms with Gasteiger partial charge in [0.25, 0.3) is 5.88 Å². The van der Waals surface area contributed by atoms with E-state index in [1.807, 2.05) is 22.6 Å². The van der Waals surface area contributed by atoms with Crippen LogP contribution in [0.15, 0.2) is 24.3 Å². The molecule has 0 N–H and O–H groups in total. The van der Waals surface area contributed by atoms with E-state index >= 15 is 0 Å². The Kier molecular flexibility index (Phi) is 5.47. The molecule has 0 amide bonds. The molecule has 10 heteroatoms. The first-order valence-electron chi connectivity index (χ1n) is 6.35. The lowest BCUT2D eigenvalue weighted by molar-refractivity contribution is -0.274. The summed E-state index contributed by atoms with van der Waals surface area (Å²) in [6.45, 7) is 1.52. The zero-order valence-electron chi connectivity index (χ0n) is 12.3. The van der Waals surface area contributed by atoms with Crippen LogP contribution in [0, 0.1) is 10.6 Å². The van der Waals surface area contributed by atoms with E-state index in [1.54, 1.807) is 0 Å². The molecular formula is C14H10F3IN2O4. The van der Waals surface area contributed by atoms with Gasteiger partial charge in [0.2, 0.25) is 0 Å². The first-order chi connectivity index (χ1) is 11.2. The van der Waals surface area contributed by atoms with Gasteiger partial charge in [0.05, 0.1) is 7.11 Å². The molecule has 1 heterocycles. The lowest BCUT2D eigenvalue weighted by Gasteiger charge is -2.13. The van der Waals surface area contributed by atoms with Gasteiger partial charge in [0.1, 0.15) is 20.8 Å². The summed E-state index contributed by atoms with van der Waals surface area (Å²) >= 11 is 1.87. The van der Waals surface area contributed by atoms with E-state index in [2.05, 4.69) is 19.7 Å². The molecule has 0 aliphatic heterocycles. The second-order valence-corrected chi connectivity index (χ2v) is 5.56. The number of aryl methyl sites for hydroxylation is 1. The number of halogens is 4. The molecule has 0 fully saturated rings. The number of carbonyl (C=O) groups excluding carboxylic acids is 1. The molecule has 2 aromatic rings. The van der Waals surface area contributed by atoms with Crippen LogP contribution >= 0.6 is 22.6 Å². The highest BCUT2D eigenvalue weighted by Crippen LogP contribution is 2.31. The number of methoxy groups -OCH3 is 1. The Morgan fingerprint density at radius 3 is 2.50 bits per heavy atom. The fraction of sp³-hybridized carbons (Fsp3) is 0.214. The highest BCUT2D eigenvalue weighted by Gasteiger charge is 2.31. The third kappa shape index (κ3) is 4.69. The molecule has 0 atom stereocenters. The second kappa shape index (κ2) is 7.20. The monoisotopic (exact) mass is 454 g/mol. The third-order valence-electron chi connectivity index (χ3n) is 2.72. The molecule has 0 unspecified atom stereocenters. The molecule has 6 nitrogen and oxygen atoms in total. The first kappa shape index (κ1) is 18.2. The summed E-state index contributed by atoms with van der Waals surface area (Å²) in [5.74, 6) is -0.971. The van der Waals surface area contributed by atoms with E-state index in [4.69, 9.17) is 4.74 Å². The molecule has 1 aromatic heterocycles. The fourth-order valence-corrected chi connectivity index (χ4v) is 2.15. The number of aromatic nitrogens is 2. The van der Waals surface area contributed by atoms with Crippen LogP contribution in [0.2, 0.25) is 0 Å². The van der Waals surface area contributed by atoms with Gasteiger partial charge in [-0.3, -0.25) is 0 Å². The zero-order valence-corrected chi connectivity index (χ0v) is 14.5. The van der Waals surface area contributed by atoms with E-state index < -0.39 is 12.3 Å². The van der Waals surface area contributed by atoms with Crippen LogP contribution in [-0.2, 0) is 4.74 Å². The van der Waals surface area contributed by atoms with Crippen LogP contribution in [0.5, 0.6) is 17.4 Å². The summed E-state index contributed by atoms with van der Waals surface area (Å²) in [5.41, 5.74) is 0.403. The van der Waals surface area contributed by atoms with Crippen LogP contribution in [-0.4, -0.2) is 29.6 Å². The van der Waals surface area contributed by atoms with Crippen molar-refractivity contribution in [2.24, 2.45) is 0 Å². The van der Waals surface area contributed by atoms with Crippen LogP contribution in [0.3, 0.4) is 0 Å². The number of nitrogens with zero attached hydrogens (tertiary/aromatic N) is 2. The predicted molar refractivity (Wildman–Crippen MR) is 84.0 cm³/mol. The normalized spacial score (nSPS) is 11.1. The molecule has 24 heavy (non-hydrogen) atoms. The summed E-state index contributed by atoms with van der Waals surface area (Å²) in [5, 5.41) is 7.55. The number of ether oxygens (including phenoxy) is 3. The summed E-state index contributed by atoms with van der Waals surface area (Å²) in [4.78, 5) is 11.8. The lowest BCUT2D eigenvalue weighted by Crippen LogP contribution is -2.17. The molecule has 1 aromatic carbocycles. The molecule has 128 valence electrons. The van der Waals surface area contributed by atoms with Crippen molar-refractivity contribution in [3.63, 3.8) is 0 Å². The number of hydrogen-bond acceptors (Lipinski definition) is 6. The van der Waals surface area contributed by atoms with E-state index in [9.17, 15) is 18.0 Å². The van der Waals surface area contributed by atoms with Crippen LogP contribution < -0.4 is 9.47 Å². The number of rotatable bonds is 4. The average Bonchev–Trinajstić information content (AvgIpc) is 2.49. The Labute approximate surface area is 148 Å². The first-order valence-corrected chi connectivity index (χ1v) is 7.43. The van der Waals surface area contributed by atoms with Crippen LogP contribution in [0.25, 0.3) is 0 Å². The maximum Gasteiger partial charge on any atom is 0.573 e. The molecule has 0 radical (unpaired) electrons. The van der Waals surface area contributed by atoms with Gasteiger partial charge in [-0.25, -0.2) is 4.79 Å². The van der Waals surface area contributed by atoms with E-state index in [0.29, 0.717) is 9.26 Å². The van der Waals surface area contributed by atoms with Gasteiger partial charge in [-0.05, 0) is 59.3 Å². The number of hydrogen-bond donors (Lipinski definition) is 0. The standard InChI is InChI=1S/C14H10F3IN2O4/c1-7-5-8(24-14(15,16)17)3-4-10(7)23-12-9(13(21)22-2)6-11(18)19-20-12/h3-6H,1-2H3. The van der Waals surface area contributed by atoms with Crippen molar-refractivity contribution in [2.75, 3.05) is 7.11 Å². The van der Waals surface area contributed by atoms with Gasteiger partial charge in [-0.2, -0.15) is 0 Å². The van der Waals surface area contributed by atoms with Crippen molar-refractivity contribution in [1.82, 2.24) is 10.2 Å². The van der Waals surface area contributed by atoms with E-state index in [1.165, 1.54) is 26.2 Å². The van der Waals surface area contributed by atoms with Crippen molar-refractivity contribution < 1.29 is 32.2 Å². The van der Waals surface area contributed by atoms with Crippen LogP contribution in [0.4, 0.5) is 13.2 Å². The molecule has 2 rings (SSSR count). The number of alkyl halides is 3. The molecule has 0 saturated carbocycles. The predicted octanol–water partition coefficient (Wildman–Crippen LogP) is 3.87. The number of carbonyl (C=O) groups is 1. The smallest absolute Gasteiger partial charge is 0.465 e. The number of esters is 1. The molecule has 0 bridgehead atoms. The Morgan fingerprint density at radius 2 is 1.92 bits per heavy atom. The molecule has 0 spiro atoms. The van der Waals surface area contributed by atoms with Crippen molar-refractivity contribution in [3.8, 4) is 17.4 Å². The van der Waals surface area contributed by atoms with Crippen molar-refractivity contribution in [3.05, 3.63) is 39.1 Å². The largest absolute Gasteiger partial charge is 0.573 e. The van der Waals surface area contributed by atoms with Crippen LogP contribution in [0.1, 0.15) is 15.9 Å². The van der Waals surface area contributed by atoms with Gasteiger partial charge in [-0.15, -0.1) is 23.4 Å². The Bertz CT molecular complexity index is 768. The van der Waals surface area contributed by atoms with Gasteiger partial charge in [0.15, 0.2) is 0 Å². The summed E-state index contributed by atoms with van der Waals surface area (Å²) in [7, 11) is 1.20. The molecule has 0 aliphatic rings. The summed E-state index contributed by atoms with van der Waals surface area (Å²) in [6, 6.07) is 4.94. The van der Waals surface area contributed by atoms with Crippen molar-refractivity contribution >= 4 is 28.6 Å². The Balaban J connectivity index is 2.30.